The van der Waals surface area contributed by atoms with E-state index in [-0.39, 0.29) is 11.5 Å². The molecule has 2 heterocycles. The molecule has 3 atom stereocenters. The lowest BCUT2D eigenvalue weighted by Gasteiger charge is -2.29. The summed E-state index contributed by atoms with van der Waals surface area (Å²) in [6, 6.07) is 18.6. The summed E-state index contributed by atoms with van der Waals surface area (Å²) in [6.07, 6.45) is -1.05. The third-order valence-electron chi connectivity index (χ3n) is 6.17. The fourth-order valence-electron chi connectivity index (χ4n) is 4.55. The number of methoxy groups -OCH3 is 1. The van der Waals surface area contributed by atoms with Gasteiger partial charge < -0.3 is 9.84 Å². The number of fused-ring (bicyclic) bond motifs is 1. The Kier molecular flexibility index (Phi) is 5.23. The van der Waals surface area contributed by atoms with E-state index in [9.17, 15) is 14.7 Å². The van der Waals surface area contributed by atoms with Gasteiger partial charge in [-0.05, 0) is 42.8 Å². The number of halogens is 1. The zero-order valence-electron chi connectivity index (χ0n) is 17.9. The predicted molar refractivity (Wildman–Crippen MR) is 123 cm³/mol. The lowest BCUT2D eigenvalue weighted by atomic mass is 9.90. The van der Waals surface area contributed by atoms with E-state index < -0.39 is 29.9 Å². The van der Waals surface area contributed by atoms with Gasteiger partial charge in [-0.2, -0.15) is 0 Å². The minimum Gasteiger partial charge on any atom is -0.504 e. The number of imide groups is 1. The van der Waals surface area contributed by atoms with Crippen LogP contribution in [0.25, 0.3) is 0 Å². The fraction of sp³-hybridized carbons (Fsp3) is 0.200. The van der Waals surface area contributed by atoms with E-state index in [1.54, 1.807) is 43.3 Å². The van der Waals surface area contributed by atoms with Gasteiger partial charge in [-0.3, -0.25) is 14.4 Å². The predicted octanol–water partition coefficient (Wildman–Crippen LogP) is 4.41. The van der Waals surface area contributed by atoms with Crippen molar-refractivity contribution in [1.29, 1.82) is 0 Å². The lowest BCUT2D eigenvalue weighted by Crippen LogP contribution is -2.37. The molecule has 5 rings (SSSR count). The van der Waals surface area contributed by atoms with Gasteiger partial charge in [-0.1, -0.05) is 48.0 Å². The Hall–Kier alpha value is -3.55. The summed E-state index contributed by atoms with van der Waals surface area (Å²) in [7, 11) is 1.45. The molecule has 1 N–H and O–H groups in total. The number of anilines is 2. The van der Waals surface area contributed by atoms with E-state index in [0.29, 0.717) is 27.5 Å². The molecule has 0 radical (unpaired) electrons. The molecule has 2 saturated heterocycles. The number of nitrogens with zero attached hydrogens (tertiary/aromatic N) is 2. The monoisotopic (exact) mass is 464 g/mol. The summed E-state index contributed by atoms with van der Waals surface area (Å²) >= 11 is 6.25. The largest absolute Gasteiger partial charge is 0.504 e. The van der Waals surface area contributed by atoms with Crippen LogP contribution < -0.4 is 14.7 Å². The zero-order valence-corrected chi connectivity index (χ0v) is 18.7. The van der Waals surface area contributed by atoms with Gasteiger partial charge in [0.15, 0.2) is 17.6 Å². The maximum atomic E-state index is 13.7. The number of phenolic OH excluding ortho intramolecular Hbond substituents is 1. The Bertz CT molecular complexity index is 1250. The Morgan fingerprint density at radius 3 is 2.42 bits per heavy atom. The quantitative estimate of drug-likeness (QED) is 0.576. The van der Waals surface area contributed by atoms with Gasteiger partial charge in [0.05, 0.1) is 18.5 Å². The first-order valence-corrected chi connectivity index (χ1v) is 10.8. The Labute approximate surface area is 195 Å². The van der Waals surface area contributed by atoms with Gasteiger partial charge >= 0.3 is 0 Å². The highest BCUT2D eigenvalue weighted by molar-refractivity contribution is 6.32. The molecule has 8 heteroatoms. The Balaban J connectivity index is 1.64. The SMILES string of the molecule is COc1cccc([C@@H]2[C@@H]3C(=O)N(c4cccc(Cl)c4C)C(=O)[C@H]3ON2c2ccccc2)c1O. The van der Waals surface area contributed by atoms with Crippen molar-refractivity contribution in [3.05, 3.63) is 82.9 Å². The molecule has 7 nitrogen and oxygen atoms in total. The number of rotatable bonds is 4. The number of aromatic hydroxyl groups is 1. The van der Waals surface area contributed by atoms with Crippen molar-refractivity contribution in [2.75, 3.05) is 17.1 Å². The molecule has 2 aliphatic rings. The van der Waals surface area contributed by atoms with Crippen molar-refractivity contribution in [2.45, 2.75) is 19.1 Å². The van der Waals surface area contributed by atoms with Crippen LogP contribution in [0.1, 0.15) is 17.2 Å². The van der Waals surface area contributed by atoms with Gasteiger partial charge in [0.25, 0.3) is 5.91 Å². The highest BCUT2D eigenvalue weighted by Gasteiger charge is 2.61. The second kappa shape index (κ2) is 8.10. The smallest absolute Gasteiger partial charge is 0.266 e. The zero-order chi connectivity index (χ0) is 23.3. The second-order valence-electron chi connectivity index (χ2n) is 7.95. The van der Waals surface area contributed by atoms with Gasteiger partial charge in [0, 0.05) is 10.6 Å². The number of para-hydroxylation sites is 2. The van der Waals surface area contributed by atoms with E-state index in [1.165, 1.54) is 12.2 Å². The second-order valence-corrected chi connectivity index (χ2v) is 8.36. The summed E-state index contributed by atoms with van der Waals surface area (Å²) in [5.41, 5.74) is 2.14. The summed E-state index contributed by atoms with van der Waals surface area (Å²) < 4.78 is 5.28. The topological polar surface area (TPSA) is 79.3 Å². The first-order valence-electron chi connectivity index (χ1n) is 10.4. The molecule has 0 aliphatic carbocycles. The van der Waals surface area contributed by atoms with Crippen molar-refractivity contribution in [3.8, 4) is 11.5 Å². The van der Waals surface area contributed by atoms with Crippen LogP contribution >= 0.6 is 11.6 Å². The van der Waals surface area contributed by atoms with Crippen LogP contribution in [-0.4, -0.2) is 30.1 Å². The molecule has 2 amide bonds. The molecule has 0 aromatic heterocycles. The summed E-state index contributed by atoms with van der Waals surface area (Å²) in [6.45, 7) is 1.76. The molecule has 3 aromatic carbocycles. The van der Waals surface area contributed by atoms with E-state index in [0.717, 1.165) is 4.90 Å². The molecule has 168 valence electrons. The number of hydrogen-bond acceptors (Lipinski definition) is 6. The van der Waals surface area contributed by atoms with Crippen LogP contribution in [0.5, 0.6) is 11.5 Å². The van der Waals surface area contributed by atoms with Gasteiger partial charge in [0.1, 0.15) is 12.0 Å². The van der Waals surface area contributed by atoms with Crippen LogP contribution in [0.4, 0.5) is 11.4 Å². The average Bonchev–Trinajstić information content (AvgIpc) is 3.33. The molecular formula is C25H21ClN2O5. The number of carbonyl (C=O) groups is 2. The first kappa shape index (κ1) is 21.3. The fourth-order valence-corrected chi connectivity index (χ4v) is 4.72. The normalized spacial score (nSPS) is 22.1. The standard InChI is InChI=1S/C25H21ClN2O5/c1-14-17(26)11-7-12-18(14)27-24(30)20-21(16-10-6-13-19(32-2)22(16)29)28(33-23(20)25(27)31)15-8-4-3-5-9-15/h3-13,20-21,23,29H,1-2H3/t20-,21+,23-/m0/s1. The third kappa shape index (κ3) is 3.23. The van der Waals surface area contributed by atoms with E-state index in [2.05, 4.69) is 0 Å². The summed E-state index contributed by atoms with van der Waals surface area (Å²) in [5.74, 6) is -1.60. The summed E-state index contributed by atoms with van der Waals surface area (Å²) in [4.78, 5) is 34.4. The Morgan fingerprint density at radius 1 is 0.970 bits per heavy atom. The van der Waals surface area contributed by atoms with Crippen molar-refractivity contribution in [1.82, 2.24) is 0 Å². The van der Waals surface area contributed by atoms with Crippen molar-refractivity contribution < 1.29 is 24.3 Å². The van der Waals surface area contributed by atoms with Crippen molar-refractivity contribution in [2.24, 2.45) is 5.92 Å². The number of amides is 2. The minimum absolute atomic E-state index is 0.104. The van der Waals surface area contributed by atoms with Crippen molar-refractivity contribution in [3.63, 3.8) is 0 Å². The number of hydroxylamine groups is 1. The van der Waals surface area contributed by atoms with Crippen molar-refractivity contribution >= 4 is 34.8 Å². The van der Waals surface area contributed by atoms with Crippen LogP contribution in [0.2, 0.25) is 5.02 Å². The number of carbonyl (C=O) groups excluding carboxylic acids is 2. The van der Waals surface area contributed by atoms with E-state index in [1.807, 2.05) is 30.3 Å². The van der Waals surface area contributed by atoms with Gasteiger partial charge in [-0.15, -0.1) is 0 Å². The highest BCUT2D eigenvalue weighted by atomic mass is 35.5. The molecule has 0 unspecified atom stereocenters. The molecule has 2 aliphatic heterocycles. The molecule has 33 heavy (non-hydrogen) atoms. The van der Waals surface area contributed by atoms with Crippen LogP contribution in [0.3, 0.4) is 0 Å². The molecule has 0 bridgehead atoms. The average molecular weight is 465 g/mol. The van der Waals surface area contributed by atoms with Gasteiger partial charge in [0.2, 0.25) is 5.91 Å². The molecule has 0 saturated carbocycles. The lowest BCUT2D eigenvalue weighted by molar-refractivity contribution is -0.126. The molecule has 0 spiro atoms. The third-order valence-corrected chi connectivity index (χ3v) is 6.58. The maximum absolute atomic E-state index is 13.7. The minimum atomic E-state index is -1.05. The van der Waals surface area contributed by atoms with E-state index >= 15 is 0 Å². The van der Waals surface area contributed by atoms with Crippen LogP contribution in [-0.2, 0) is 14.4 Å². The maximum Gasteiger partial charge on any atom is 0.266 e. The highest BCUT2D eigenvalue weighted by Crippen LogP contribution is 2.51. The summed E-state index contributed by atoms with van der Waals surface area (Å²) in [5, 5.41) is 12.9. The number of benzene rings is 3. The Morgan fingerprint density at radius 2 is 1.70 bits per heavy atom. The molecular weight excluding hydrogens is 444 g/mol. The first-order chi connectivity index (χ1) is 15.9. The number of phenols is 1. The van der Waals surface area contributed by atoms with E-state index in [4.69, 9.17) is 21.2 Å². The molecule has 3 aromatic rings. The number of ether oxygens (including phenoxy) is 1. The van der Waals surface area contributed by atoms with Gasteiger partial charge in [-0.25, -0.2) is 9.96 Å². The number of hydrogen-bond donors (Lipinski definition) is 1. The van der Waals surface area contributed by atoms with Crippen LogP contribution in [0, 0.1) is 12.8 Å². The molecule has 2 fully saturated rings. The van der Waals surface area contributed by atoms with Crippen LogP contribution in [0.15, 0.2) is 66.7 Å².